The number of pyridine rings is 1. The molecule has 3 rings (SSSR count). The third-order valence-corrected chi connectivity index (χ3v) is 4.34. The van der Waals surface area contributed by atoms with Gasteiger partial charge in [-0.2, -0.15) is 0 Å². The predicted octanol–water partition coefficient (Wildman–Crippen LogP) is 3.64. The molecule has 2 aromatic heterocycles. The number of hydrogen-bond donors (Lipinski definition) is 1. The zero-order valence-electron chi connectivity index (χ0n) is 13.6. The fourth-order valence-corrected chi connectivity index (χ4v) is 2.73. The van der Waals surface area contributed by atoms with Crippen LogP contribution < -0.4 is 5.73 Å². The average Bonchev–Trinajstić information content (AvgIpc) is 2.85. The molecule has 118 valence electrons. The summed E-state index contributed by atoms with van der Waals surface area (Å²) in [5.41, 5.74) is 11.0. The lowest BCUT2D eigenvalue weighted by molar-refractivity contribution is 0.614. The lowest BCUT2D eigenvalue weighted by atomic mass is 10.1. The molecule has 0 saturated heterocycles. The highest BCUT2D eigenvalue weighted by atomic mass is 32.1. The standard InChI is InChI=1S/C18H20N4S/c1-11-5-4-6-14(7-11)17-21-15-8-12(2)9-20-18(15)22(17)10-13(3)16(19)23/h4-9,13H,10H2,1-3H3,(H2,19,23). The highest BCUT2D eigenvalue weighted by Crippen LogP contribution is 2.26. The number of rotatable bonds is 4. The van der Waals surface area contributed by atoms with Crippen LogP contribution in [0.1, 0.15) is 18.1 Å². The summed E-state index contributed by atoms with van der Waals surface area (Å²) in [6, 6.07) is 10.4. The van der Waals surface area contributed by atoms with Gasteiger partial charge in [0.2, 0.25) is 0 Å². The monoisotopic (exact) mass is 324 g/mol. The van der Waals surface area contributed by atoms with Gasteiger partial charge in [-0.15, -0.1) is 0 Å². The maximum atomic E-state index is 5.81. The van der Waals surface area contributed by atoms with Crippen molar-refractivity contribution in [3.05, 3.63) is 47.7 Å². The minimum atomic E-state index is 0.0778. The van der Waals surface area contributed by atoms with Gasteiger partial charge >= 0.3 is 0 Å². The molecule has 0 amide bonds. The number of hydrogen-bond acceptors (Lipinski definition) is 3. The molecular formula is C18H20N4S. The number of nitrogens with zero attached hydrogens (tertiary/aromatic N) is 3. The normalized spacial score (nSPS) is 12.5. The Morgan fingerprint density at radius 2 is 2.04 bits per heavy atom. The van der Waals surface area contributed by atoms with E-state index in [1.165, 1.54) is 5.56 Å². The van der Waals surface area contributed by atoms with Gasteiger partial charge in [-0.25, -0.2) is 9.97 Å². The van der Waals surface area contributed by atoms with Gasteiger partial charge in [-0.3, -0.25) is 0 Å². The Morgan fingerprint density at radius 3 is 2.74 bits per heavy atom. The second-order valence-electron chi connectivity index (χ2n) is 6.07. The van der Waals surface area contributed by atoms with Crippen molar-refractivity contribution in [2.45, 2.75) is 27.3 Å². The summed E-state index contributed by atoms with van der Waals surface area (Å²) < 4.78 is 2.12. The third kappa shape index (κ3) is 3.10. The molecular weight excluding hydrogens is 304 g/mol. The van der Waals surface area contributed by atoms with Crippen LogP contribution in [-0.4, -0.2) is 19.5 Å². The number of benzene rings is 1. The quantitative estimate of drug-likeness (QED) is 0.745. The second kappa shape index (κ2) is 6.08. The first kappa shape index (κ1) is 15.6. The number of nitrogens with two attached hydrogens (primary N) is 1. The van der Waals surface area contributed by atoms with Crippen LogP contribution in [0.2, 0.25) is 0 Å². The van der Waals surface area contributed by atoms with Crippen molar-refractivity contribution in [3.63, 3.8) is 0 Å². The van der Waals surface area contributed by atoms with E-state index in [4.69, 9.17) is 22.9 Å². The van der Waals surface area contributed by atoms with Crippen molar-refractivity contribution >= 4 is 28.4 Å². The molecule has 5 heteroatoms. The van der Waals surface area contributed by atoms with Gasteiger partial charge in [0.15, 0.2) is 5.65 Å². The van der Waals surface area contributed by atoms with E-state index in [0.29, 0.717) is 11.5 Å². The first-order valence-corrected chi connectivity index (χ1v) is 8.06. The van der Waals surface area contributed by atoms with Gasteiger partial charge in [0.25, 0.3) is 0 Å². The molecule has 0 aliphatic heterocycles. The topological polar surface area (TPSA) is 56.7 Å². The van der Waals surface area contributed by atoms with Crippen LogP contribution >= 0.6 is 12.2 Å². The van der Waals surface area contributed by atoms with Crippen LogP contribution in [0.4, 0.5) is 0 Å². The van der Waals surface area contributed by atoms with Crippen molar-refractivity contribution in [1.29, 1.82) is 0 Å². The smallest absolute Gasteiger partial charge is 0.160 e. The first-order valence-electron chi connectivity index (χ1n) is 7.65. The highest BCUT2D eigenvalue weighted by Gasteiger charge is 2.17. The summed E-state index contributed by atoms with van der Waals surface area (Å²) in [5.74, 6) is 0.985. The predicted molar refractivity (Wildman–Crippen MR) is 98.4 cm³/mol. The molecule has 0 bridgehead atoms. The van der Waals surface area contributed by atoms with E-state index in [1.54, 1.807) is 0 Å². The minimum Gasteiger partial charge on any atom is -0.393 e. The summed E-state index contributed by atoms with van der Waals surface area (Å²) in [4.78, 5) is 9.90. The van der Waals surface area contributed by atoms with E-state index in [-0.39, 0.29) is 5.92 Å². The maximum Gasteiger partial charge on any atom is 0.160 e. The lowest BCUT2D eigenvalue weighted by Crippen LogP contribution is -2.23. The molecule has 3 aromatic rings. The molecule has 0 saturated carbocycles. The molecule has 2 heterocycles. The Balaban J connectivity index is 2.21. The van der Waals surface area contributed by atoms with Crippen LogP contribution in [0.5, 0.6) is 0 Å². The van der Waals surface area contributed by atoms with E-state index < -0.39 is 0 Å². The van der Waals surface area contributed by atoms with Gasteiger partial charge in [0, 0.05) is 24.2 Å². The van der Waals surface area contributed by atoms with Crippen LogP contribution in [0, 0.1) is 19.8 Å². The van der Waals surface area contributed by atoms with Gasteiger partial charge in [0.1, 0.15) is 11.3 Å². The number of fused-ring (bicyclic) bond motifs is 1. The minimum absolute atomic E-state index is 0.0778. The van der Waals surface area contributed by atoms with Crippen molar-refractivity contribution < 1.29 is 0 Å². The Kier molecular flexibility index (Phi) is 4.13. The van der Waals surface area contributed by atoms with Crippen molar-refractivity contribution in [2.24, 2.45) is 11.7 Å². The molecule has 4 nitrogen and oxygen atoms in total. The zero-order chi connectivity index (χ0) is 16.6. The zero-order valence-corrected chi connectivity index (χ0v) is 14.4. The van der Waals surface area contributed by atoms with E-state index in [2.05, 4.69) is 40.7 Å². The van der Waals surface area contributed by atoms with Crippen LogP contribution in [-0.2, 0) is 6.54 Å². The molecule has 23 heavy (non-hydrogen) atoms. The Hall–Kier alpha value is -2.27. The molecule has 0 aliphatic carbocycles. The Labute approximate surface area is 141 Å². The Bertz CT molecular complexity index is 882. The van der Waals surface area contributed by atoms with Crippen molar-refractivity contribution in [2.75, 3.05) is 0 Å². The van der Waals surface area contributed by atoms with Crippen molar-refractivity contribution in [1.82, 2.24) is 14.5 Å². The number of aromatic nitrogens is 3. The molecule has 1 atom stereocenters. The van der Waals surface area contributed by atoms with E-state index >= 15 is 0 Å². The molecule has 0 radical (unpaired) electrons. The fourth-order valence-electron chi connectivity index (χ4n) is 2.65. The third-order valence-electron chi connectivity index (χ3n) is 3.94. The average molecular weight is 324 g/mol. The number of thiocarbonyl (C=S) groups is 1. The van der Waals surface area contributed by atoms with Crippen molar-refractivity contribution in [3.8, 4) is 11.4 Å². The molecule has 0 aliphatic rings. The first-order chi connectivity index (χ1) is 11.0. The van der Waals surface area contributed by atoms with E-state index in [0.717, 1.165) is 28.1 Å². The molecule has 1 unspecified atom stereocenters. The van der Waals surface area contributed by atoms with E-state index in [1.807, 2.05) is 26.1 Å². The van der Waals surface area contributed by atoms with Crippen LogP contribution in [0.25, 0.3) is 22.6 Å². The summed E-state index contributed by atoms with van der Waals surface area (Å²) in [6.07, 6.45) is 1.87. The van der Waals surface area contributed by atoms with Gasteiger partial charge in [-0.1, -0.05) is 42.9 Å². The largest absolute Gasteiger partial charge is 0.393 e. The Morgan fingerprint density at radius 1 is 1.26 bits per heavy atom. The summed E-state index contributed by atoms with van der Waals surface area (Å²) in [7, 11) is 0. The van der Waals surface area contributed by atoms with Gasteiger partial charge in [0.05, 0.1) is 4.99 Å². The second-order valence-corrected chi connectivity index (χ2v) is 6.55. The SMILES string of the molecule is Cc1cccc(-c2nc3cc(C)cnc3n2CC(C)C(N)=S)c1. The molecule has 0 spiro atoms. The molecule has 2 N–H and O–H groups in total. The fraction of sp³-hybridized carbons (Fsp3) is 0.278. The molecule has 0 fully saturated rings. The van der Waals surface area contributed by atoms with Crippen LogP contribution in [0.15, 0.2) is 36.5 Å². The van der Waals surface area contributed by atoms with E-state index in [9.17, 15) is 0 Å². The number of aryl methyl sites for hydroxylation is 2. The highest BCUT2D eigenvalue weighted by molar-refractivity contribution is 7.80. The number of imidazole rings is 1. The lowest BCUT2D eigenvalue weighted by Gasteiger charge is -2.14. The van der Waals surface area contributed by atoms with Gasteiger partial charge in [-0.05, 0) is 31.5 Å². The van der Waals surface area contributed by atoms with Gasteiger partial charge < -0.3 is 10.3 Å². The summed E-state index contributed by atoms with van der Waals surface area (Å²) in [6.45, 7) is 6.81. The summed E-state index contributed by atoms with van der Waals surface area (Å²) >= 11 is 5.14. The summed E-state index contributed by atoms with van der Waals surface area (Å²) in [5, 5.41) is 0. The van der Waals surface area contributed by atoms with Crippen LogP contribution in [0.3, 0.4) is 0 Å². The maximum absolute atomic E-state index is 5.81. The molecule has 1 aromatic carbocycles.